The highest BCUT2D eigenvalue weighted by atomic mass is 32.1. The fourth-order valence-electron chi connectivity index (χ4n) is 3.52. The highest BCUT2D eigenvalue weighted by Gasteiger charge is 2.23. The van der Waals surface area contributed by atoms with Gasteiger partial charge in [0.05, 0.1) is 19.1 Å². The van der Waals surface area contributed by atoms with Gasteiger partial charge in [-0.05, 0) is 26.3 Å². The smallest absolute Gasteiger partial charge is 0.306 e. The zero-order chi connectivity index (χ0) is 25.2. The molecule has 2 aromatic carbocycles. The maximum absolute atomic E-state index is 13.0. The molecule has 3 aromatic rings. The van der Waals surface area contributed by atoms with Crippen LogP contribution in [0.3, 0.4) is 0 Å². The SMILES string of the molecule is CCOC(=O)CCC(=O)N(CCC(=O)Nc1nnc(-c2ccc(C)cc2)s1)C(C)c1ccccc1. The van der Waals surface area contributed by atoms with E-state index >= 15 is 0 Å². The predicted octanol–water partition coefficient (Wildman–Crippen LogP) is 4.78. The van der Waals surface area contributed by atoms with Gasteiger partial charge in [-0.15, -0.1) is 10.2 Å². The molecular formula is C26H30N4O4S. The molecule has 0 radical (unpaired) electrons. The van der Waals surface area contributed by atoms with Crippen LogP contribution < -0.4 is 5.32 Å². The molecule has 3 rings (SSSR count). The van der Waals surface area contributed by atoms with E-state index in [1.165, 1.54) is 11.3 Å². The van der Waals surface area contributed by atoms with Crippen molar-refractivity contribution in [1.82, 2.24) is 15.1 Å². The lowest BCUT2D eigenvalue weighted by molar-refractivity contribution is -0.146. The number of hydrogen-bond acceptors (Lipinski definition) is 7. The predicted molar refractivity (Wildman–Crippen MR) is 136 cm³/mol. The Bertz CT molecular complexity index is 1130. The molecule has 0 fully saturated rings. The van der Waals surface area contributed by atoms with Crippen molar-refractivity contribution in [3.8, 4) is 10.6 Å². The molecule has 0 bridgehead atoms. The summed E-state index contributed by atoms with van der Waals surface area (Å²) >= 11 is 1.29. The van der Waals surface area contributed by atoms with Crippen LogP contribution >= 0.6 is 11.3 Å². The summed E-state index contributed by atoms with van der Waals surface area (Å²) in [5, 5.41) is 12.1. The summed E-state index contributed by atoms with van der Waals surface area (Å²) in [6.45, 7) is 6.12. The van der Waals surface area contributed by atoms with Crippen molar-refractivity contribution in [2.75, 3.05) is 18.5 Å². The number of aromatic nitrogens is 2. The molecular weight excluding hydrogens is 464 g/mol. The van der Waals surface area contributed by atoms with Gasteiger partial charge in [-0.25, -0.2) is 0 Å². The number of ether oxygens (including phenoxy) is 1. The van der Waals surface area contributed by atoms with Crippen molar-refractivity contribution in [2.24, 2.45) is 0 Å². The molecule has 35 heavy (non-hydrogen) atoms. The summed E-state index contributed by atoms with van der Waals surface area (Å²) in [5.74, 6) is -0.883. The van der Waals surface area contributed by atoms with Gasteiger partial charge in [-0.3, -0.25) is 14.4 Å². The summed E-state index contributed by atoms with van der Waals surface area (Å²) < 4.78 is 4.94. The fraction of sp³-hybridized carbons (Fsp3) is 0.346. The molecule has 0 saturated heterocycles. The quantitative estimate of drug-likeness (QED) is 0.385. The molecule has 8 nitrogen and oxygen atoms in total. The van der Waals surface area contributed by atoms with Gasteiger partial charge >= 0.3 is 5.97 Å². The second kappa shape index (κ2) is 12.8. The first-order chi connectivity index (χ1) is 16.9. The lowest BCUT2D eigenvalue weighted by Crippen LogP contribution is -2.36. The van der Waals surface area contributed by atoms with E-state index in [9.17, 15) is 14.4 Å². The van der Waals surface area contributed by atoms with E-state index in [2.05, 4.69) is 15.5 Å². The van der Waals surface area contributed by atoms with Crippen LogP contribution in [0.4, 0.5) is 5.13 Å². The normalized spacial score (nSPS) is 11.5. The summed E-state index contributed by atoms with van der Waals surface area (Å²) in [6, 6.07) is 17.2. The molecule has 2 amide bonds. The molecule has 1 unspecified atom stereocenters. The van der Waals surface area contributed by atoms with Gasteiger partial charge < -0.3 is 15.0 Å². The summed E-state index contributed by atoms with van der Waals surface area (Å²) in [4.78, 5) is 39.0. The third-order valence-corrected chi connectivity index (χ3v) is 6.36. The highest BCUT2D eigenvalue weighted by Crippen LogP contribution is 2.27. The molecule has 1 atom stereocenters. The second-order valence-electron chi connectivity index (χ2n) is 8.06. The van der Waals surface area contributed by atoms with Crippen molar-refractivity contribution < 1.29 is 19.1 Å². The van der Waals surface area contributed by atoms with E-state index in [4.69, 9.17) is 4.74 Å². The Labute approximate surface area is 209 Å². The molecule has 0 aliphatic carbocycles. The molecule has 0 saturated carbocycles. The van der Waals surface area contributed by atoms with Crippen LogP contribution in [0.25, 0.3) is 10.6 Å². The number of rotatable bonds is 11. The molecule has 184 valence electrons. The minimum atomic E-state index is -0.411. The number of carbonyl (C=O) groups is 3. The third kappa shape index (κ3) is 7.71. The Morgan fingerprint density at radius 1 is 1.00 bits per heavy atom. The van der Waals surface area contributed by atoms with Crippen molar-refractivity contribution >= 4 is 34.3 Å². The third-order valence-electron chi connectivity index (χ3n) is 5.47. The van der Waals surface area contributed by atoms with E-state index < -0.39 is 5.97 Å². The van der Waals surface area contributed by atoms with E-state index in [-0.39, 0.29) is 50.3 Å². The van der Waals surface area contributed by atoms with Crippen LogP contribution in [0.2, 0.25) is 0 Å². The number of hydrogen-bond donors (Lipinski definition) is 1. The first-order valence-electron chi connectivity index (χ1n) is 11.6. The molecule has 1 heterocycles. The Kier molecular flexibility index (Phi) is 9.48. The number of amides is 2. The van der Waals surface area contributed by atoms with E-state index in [1.807, 2.05) is 68.4 Å². The topological polar surface area (TPSA) is 101 Å². The van der Waals surface area contributed by atoms with Gasteiger partial charge in [0.15, 0.2) is 0 Å². The lowest BCUT2D eigenvalue weighted by Gasteiger charge is -2.29. The van der Waals surface area contributed by atoms with Gasteiger partial charge in [-0.1, -0.05) is 71.5 Å². The van der Waals surface area contributed by atoms with E-state index in [0.29, 0.717) is 10.1 Å². The largest absolute Gasteiger partial charge is 0.466 e. The number of nitrogens with zero attached hydrogens (tertiary/aromatic N) is 3. The number of esters is 1. The summed E-state index contributed by atoms with van der Waals surface area (Å²) in [6.07, 6.45) is 0.110. The zero-order valence-corrected chi connectivity index (χ0v) is 21.0. The van der Waals surface area contributed by atoms with Crippen LogP contribution in [-0.2, 0) is 19.1 Å². The Morgan fingerprint density at radius 3 is 2.40 bits per heavy atom. The molecule has 1 aromatic heterocycles. The average molecular weight is 495 g/mol. The number of aryl methyl sites for hydroxylation is 1. The first-order valence-corrected chi connectivity index (χ1v) is 12.4. The lowest BCUT2D eigenvalue weighted by atomic mass is 10.1. The van der Waals surface area contributed by atoms with Crippen LogP contribution in [-0.4, -0.2) is 46.0 Å². The van der Waals surface area contributed by atoms with Gasteiger partial charge in [0.1, 0.15) is 5.01 Å². The van der Waals surface area contributed by atoms with Gasteiger partial charge in [0.2, 0.25) is 16.9 Å². The number of carbonyl (C=O) groups excluding carboxylic acids is 3. The summed E-state index contributed by atoms with van der Waals surface area (Å²) in [7, 11) is 0. The van der Waals surface area contributed by atoms with Crippen LogP contribution in [0, 0.1) is 6.92 Å². The second-order valence-corrected chi connectivity index (χ2v) is 9.03. The van der Waals surface area contributed by atoms with Crippen LogP contribution in [0.15, 0.2) is 54.6 Å². The standard InChI is InChI=1S/C26H30N4O4S/c1-4-34-24(33)15-14-23(32)30(19(3)20-8-6-5-7-9-20)17-16-22(31)27-26-29-28-25(35-26)21-12-10-18(2)11-13-21/h5-13,19H,4,14-17H2,1-3H3,(H,27,29,31). The van der Waals surface area contributed by atoms with Crippen molar-refractivity contribution in [1.29, 1.82) is 0 Å². The molecule has 0 spiro atoms. The fourth-order valence-corrected chi connectivity index (χ4v) is 4.29. The van der Waals surface area contributed by atoms with Crippen LogP contribution in [0.5, 0.6) is 0 Å². The number of benzene rings is 2. The number of nitrogens with one attached hydrogen (secondary N) is 1. The minimum Gasteiger partial charge on any atom is -0.466 e. The van der Waals surface area contributed by atoms with Gasteiger partial charge in [0.25, 0.3) is 0 Å². The maximum atomic E-state index is 13.0. The maximum Gasteiger partial charge on any atom is 0.306 e. The average Bonchev–Trinajstić information content (AvgIpc) is 3.32. The highest BCUT2D eigenvalue weighted by molar-refractivity contribution is 7.18. The minimum absolute atomic E-state index is 0.00342. The Hall–Kier alpha value is -3.59. The molecule has 0 aliphatic rings. The molecule has 9 heteroatoms. The Morgan fingerprint density at radius 2 is 1.71 bits per heavy atom. The van der Waals surface area contributed by atoms with Crippen molar-refractivity contribution in [3.63, 3.8) is 0 Å². The Balaban J connectivity index is 1.62. The van der Waals surface area contributed by atoms with Gasteiger partial charge in [0, 0.05) is 24.9 Å². The molecule has 0 aliphatic heterocycles. The van der Waals surface area contributed by atoms with Crippen LogP contribution in [0.1, 0.15) is 50.3 Å². The zero-order valence-electron chi connectivity index (χ0n) is 20.2. The van der Waals surface area contributed by atoms with Gasteiger partial charge in [-0.2, -0.15) is 0 Å². The first kappa shape index (κ1) is 26.0. The molecule has 1 N–H and O–H groups in total. The van der Waals surface area contributed by atoms with Crippen molar-refractivity contribution in [2.45, 2.75) is 46.1 Å². The monoisotopic (exact) mass is 494 g/mol. The van der Waals surface area contributed by atoms with Crippen molar-refractivity contribution in [3.05, 3.63) is 65.7 Å². The summed E-state index contributed by atoms with van der Waals surface area (Å²) in [5.41, 5.74) is 3.03. The van der Waals surface area contributed by atoms with E-state index in [1.54, 1.807) is 11.8 Å². The number of anilines is 1. The van der Waals surface area contributed by atoms with E-state index in [0.717, 1.165) is 16.7 Å².